The monoisotopic (exact) mass is 174 g/mol. The SMILES string of the molecule is CC.Cc1ccc(F)c(Cl)c1. The first-order chi connectivity index (χ1) is 5.20. The van der Waals surface area contributed by atoms with Crippen LogP contribution in [-0.4, -0.2) is 0 Å². The van der Waals surface area contributed by atoms with Crippen molar-refractivity contribution in [1.82, 2.24) is 0 Å². The Morgan fingerprint density at radius 3 is 2.18 bits per heavy atom. The maximum Gasteiger partial charge on any atom is 0.141 e. The lowest BCUT2D eigenvalue weighted by molar-refractivity contribution is 0.628. The predicted molar refractivity (Wildman–Crippen MR) is 47.5 cm³/mol. The van der Waals surface area contributed by atoms with Gasteiger partial charge in [-0.1, -0.05) is 31.5 Å². The highest BCUT2D eigenvalue weighted by Gasteiger charge is 1.95. The molecule has 62 valence electrons. The summed E-state index contributed by atoms with van der Waals surface area (Å²) in [5.41, 5.74) is 0.974. The van der Waals surface area contributed by atoms with Crippen molar-refractivity contribution >= 4 is 11.6 Å². The molecule has 1 aromatic rings. The molecule has 2 heteroatoms. The van der Waals surface area contributed by atoms with E-state index < -0.39 is 0 Å². The molecule has 0 heterocycles. The van der Waals surface area contributed by atoms with Gasteiger partial charge in [-0.3, -0.25) is 0 Å². The van der Waals surface area contributed by atoms with E-state index in [1.54, 1.807) is 12.1 Å². The zero-order valence-electron chi connectivity index (χ0n) is 6.99. The van der Waals surface area contributed by atoms with Gasteiger partial charge in [0, 0.05) is 0 Å². The van der Waals surface area contributed by atoms with Gasteiger partial charge in [0.05, 0.1) is 5.02 Å². The maximum atomic E-state index is 12.4. The lowest BCUT2D eigenvalue weighted by Crippen LogP contribution is -1.76. The normalized spacial score (nSPS) is 8.45. The van der Waals surface area contributed by atoms with Crippen molar-refractivity contribution in [2.24, 2.45) is 0 Å². The van der Waals surface area contributed by atoms with Crippen molar-refractivity contribution in [3.05, 3.63) is 34.6 Å². The number of hydrogen-bond donors (Lipinski definition) is 0. The van der Waals surface area contributed by atoms with Crippen molar-refractivity contribution in [2.75, 3.05) is 0 Å². The summed E-state index contributed by atoms with van der Waals surface area (Å²) >= 11 is 5.44. The van der Waals surface area contributed by atoms with Crippen LogP contribution in [0, 0.1) is 12.7 Å². The summed E-state index contributed by atoms with van der Waals surface area (Å²) in [6.07, 6.45) is 0. The zero-order chi connectivity index (χ0) is 8.85. The molecule has 0 saturated carbocycles. The largest absolute Gasteiger partial charge is 0.205 e. The second kappa shape index (κ2) is 5.14. The quantitative estimate of drug-likeness (QED) is 0.561. The molecule has 0 radical (unpaired) electrons. The standard InChI is InChI=1S/C7H6ClF.C2H6/c1-5-2-3-7(9)6(8)4-5;1-2/h2-4H,1H3;1-2H3. The third-order valence-corrected chi connectivity index (χ3v) is 1.36. The van der Waals surface area contributed by atoms with E-state index in [9.17, 15) is 4.39 Å². The second-order valence-corrected chi connectivity index (χ2v) is 2.32. The van der Waals surface area contributed by atoms with Gasteiger partial charge in [-0.2, -0.15) is 0 Å². The molecule has 0 aliphatic heterocycles. The van der Waals surface area contributed by atoms with Gasteiger partial charge in [-0.25, -0.2) is 4.39 Å². The molecule has 0 unspecified atom stereocenters. The minimum absolute atomic E-state index is 0.190. The number of hydrogen-bond acceptors (Lipinski definition) is 0. The number of aryl methyl sites for hydroxylation is 1. The fourth-order valence-electron chi connectivity index (χ4n) is 0.601. The molecule has 0 atom stereocenters. The molecule has 0 fully saturated rings. The van der Waals surface area contributed by atoms with E-state index in [0.717, 1.165) is 5.56 Å². The minimum Gasteiger partial charge on any atom is -0.205 e. The molecule has 0 saturated heterocycles. The lowest BCUT2D eigenvalue weighted by Gasteiger charge is -1.93. The highest BCUT2D eigenvalue weighted by Crippen LogP contribution is 2.14. The van der Waals surface area contributed by atoms with E-state index in [1.807, 2.05) is 20.8 Å². The summed E-state index contributed by atoms with van der Waals surface area (Å²) in [5, 5.41) is 0.190. The summed E-state index contributed by atoms with van der Waals surface area (Å²) in [5.74, 6) is -0.359. The van der Waals surface area contributed by atoms with E-state index in [-0.39, 0.29) is 10.8 Å². The first-order valence-electron chi connectivity index (χ1n) is 3.62. The molecule has 0 bridgehead atoms. The Labute approximate surface area is 72.0 Å². The molecular formula is C9H12ClF. The molecule has 0 nitrogen and oxygen atoms in total. The third kappa shape index (κ3) is 3.38. The van der Waals surface area contributed by atoms with Crippen molar-refractivity contribution in [2.45, 2.75) is 20.8 Å². The van der Waals surface area contributed by atoms with Crippen LogP contribution in [0.2, 0.25) is 5.02 Å². The van der Waals surface area contributed by atoms with Crippen LogP contribution < -0.4 is 0 Å². The minimum atomic E-state index is -0.359. The summed E-state index contributed by atoms with van der Waals surface area (Å²) in [7, 11) is 0. The van der Waals surface area contributed by atoms with Crippen LogP contribution in [0.5, 0.6) is 0 Å². The maximum absolute atomic E-state index is 12.4. The van der Waals surface area contributed by atoms with Gasteiger partial charge in [-0.05, 0) is 24.6 Å². The van der Waals surface area contributed by atoms with E-state index in [4.69, 9.17) is 11.6 Å². The predicted octanol–water partition coefficient (Wildman–Crippen LogP) is 3.81. The number of rotatable bonds is 0. The van der Waals surface area contributed by atoms with E-state index in [1.165, 1.54) is 6.07 Å². The highest BCUT2D eigenvalue weighted by atomic mass is 35.5. The van der Waals surface area contributed by atoms with Crippen molar-refractivity contribution < 1.29 is 4.39 Å². The summed E-state index contributed by atoms with van der Waals surface area (Å²) in [4.78, 5) is 0. The molecule has 0 amide bonds. The van der Waals surface area contributed by atoms with Gasteiger partial charge < -0.3 is 0 Å². The first-order valence-corrected chi connectivity index (χ1v) is 3.99. The van der Waals surface area contributed by atoms with E-state index in [2.05, 4.69) is 0 Å². The Morgan fingerprint density at radius 2 is 1.82 bits per heavy atom. The molecule has 0 N–H and O–H groups in total. The molecule has 0 spiro atoms. The Hall–Kier alpha value is -0.560. The van der Waals surface area contributed by atoms with E-state index >= 15 is 0 Å². The smallest absolute Gasteiger partial charge is 0.141 e. The average Bonchev–Trinajstić information content (AvgIpc) is 2.02. The Balaban J connectivity index is 0.000000461. The first kappa shape index (κ1) is 10.4. The Kier molecular flexibility index (Phi) is 4.88. The molecule has 0 aliphatic carbocycles. The average molecular weight is 175 g/mol. The van der Waals surface area contributed by atoms with Gasteiger partial charge in [0.1, 0.15) is 5.82 Å². The fraction of sp³-hybridized carbons (Fsp3) is 0.333. The molecular weight excluding hydrogens is 163 g/mol. The fourth-order valence-corrected chi connectivity index (χ4v) is 0.836. The molecule has 0 aliphatic rings. The second-order valence-electron chi connectivity index (χ2n) is 1.92. The molecule has 11 heavy (non-hydrogen) atoms. The van der Waals surface area contributed by atoms with Crippen LogP contribution in [0.1, 0.15) is 19.4 Å². The highest BCUT2D eigenvalue weighted by molar-refractivity contribution is 6.30. The van der Waals surface area contributed by atoms with Gasteiger partial charge in [0.25, 0.3) is 0 Å². The van der Waals surface area contributed by atoms with Crippen LogP contribution >= 0.6 is 11.6 Å². The zero-order valence-corrected chi connectivity index (χ0v) is 7.74. The van der Waals surface area contributed by atoms with Crippen molar-refractivity contribution in [3.8, 4) is 0 Å². The van der Waals surface area contributed by atoms with Gasteiger partial charge >= 0.3 is 0 Å². The number of benzene rings is 1. The Bertz CT molecular complexity index is 221. The molecule has 1 rings (SSSR count). The topological polar surface area (TPSA) is 0 Å². The Morgan fingerprint density at radius 1 is 1.27 bits per heavy atom. The van der Waals surface area contributed by atoms with Crippen molar-refractivity contribution in [1.29, 1.82) is 0 Å². The summed E-state index contributed by atoms with van der Waals surface area (Å²) < 4.78 is 12.4. The van der Waals surface area contributed by atoms with Gasteiger partial charge in [0.15, 0.2) is 0 Å². The van der Waals surface area contributed by atoms with Gasteiger partial charge in [0.2, 0.25) is 0 Å². The third-order valence-electron chi connectivity index (χ3n) is 1.08. The van der Waals surface area contributed by atoms with Crippen molar-refractivity contribution in [3.63, 3.8) is 0 Å². The van der Waals surface area contributed by atoms with Crippen LogP contribution in [0.4, 0.5) is 4.39 Å². The van der Waals surface area contributed by atoms with E-state index in [0.29, 0.717) is 0 Å². The number of halogens is 2. The van der Waals surface area contributed by atoms with Crippen LogP contribution in [0.25, 0.3) is 0 Å². The summed E-state index contributed by atoms with van der Waals surface area (Å²) in [6.45, 7) is 5.87. The van der Waals surface area contributed by atoms with Crippen LogP contribution in [-0.2, 0) is 0 Å². The summed E-state index contributed by atoms with van der Waals surface area (Å²) in [6, 6.07) is 4.63. The molecule has 0 aromatic heterocycles. The molecule has 1 aromatic carbocycles. The van der Waals surface area contributed by atoms with Crippen LogP contribution in [0.15, 0.2) is 18.2 Å². The van der Waals surface area contributed by atoms with Gasteiger partial charge in [-0.15, -0.1) is 0 Å². The van der Waals surface area contributed by atoms with Crippen LogP contribution in [0.3, 0.4) is 0 Å². The lowest BCUT2D eigenvalue weighted by atomic mass is 10.2.